The average Bonchev–Trinajstić information content (AvgIpc) is 2.40. The number of hydrogen-bond donors (Lipinski definition) is 2. The van der Waals surface area contributed by atoms with Gasteiger partial charge in [0.1, 0.15) is 5.82 Å². The molecule has 0 aromatic carbocycles. The predicted octanol–water partition coefficient (Wildman–Crippen LogP) is 3.07. The topological polar surface area (TPSA) is 68.0 Å². The zero-order valence-corrected chi connectivity index (χ0v) is 12.3. The van der Waals surface area contributed by atoms with Gasteiger partial charge in [0.2, 0.25) is 0 Å². The summed E-state index contributed by atoms with van der Waals surface area (Å²) in [6.07, 6.45) is 9.30. The van der Waals surface area contributed by atoms with E-state index in [0.29, 0.717) is 17.4 Å². The molecule has 110 valence electrons. The molecule has 0 atom stereocenters. The van der Waals surface area contributed by atoms with Gasteiger partial charge in [-0.2, -0.15) is 0 Å². The lowest BCUT2D eigenvalue weighted by atomic mass is 9.96. The van der Waals surface area contributed by atoms with Crippen LogP contribution in [0.3, 0.4) is 0 Å². The number of carbonyl (C=O) groups is 1. The number of amides is 1. The molecule has 2 rings (SSSR count). The average molecular weight is 275 g/mol. The van der Waals surface area contributed by atoms with E-state index in [1.165, 1.54) is 32.1 Å². The summed E-state index contributed by atoms with van der Waals surface area (Å²) < 4.78 is 0. The minimum Gasteiger partial charge on any atom is -0.384 e. The van der Waals surface area contributed by atoms with Gasteiger partial charge >= 0.3 is 0 Å². The van der Waals surface area contributed by atoms with Gasteiger partial charge in [-0.05, 0) is 31.4 Å². The lowest BCUT2D eigenvalue weighted by Gasteiger charge is -2.21. The Hall–Kier alpha value is -1.58. The van der Waals surface area contributed by atoms with E-state index in [2.05, 4.69) is 10.3 Å². The summed E-state index contributed by atoms with van der Waals surface area (Å²) in [6, 6.07) is 3.81. The number of hydrogen-bond acceptors (Lipinski definition) is 3. The van der Waals surface area contributed by atoms with E-state index < -0.39 is 0 Å². The lowest BCUT2D eigenvalue weighted by molar-refractivity contribution is 0.0930. The molecule has 1 aromatic heterocycles. The van der Waals surface area contributed by atoms with Crippen LogP contribution >= 0.6 is 0 Å². The molecule has 1 saturated carbocycles. The number of pyridine rings is 1. The SMILES string of the molecule is CCc1cc(C(=O)NC2CCCCCCC2)cc(N)n1. The van der Waals surface area contributed by atoms with Gasteiger partial charge in [0.05, 0.1) is 0 Å². The van der Waals surface area contributed by atoms with Gasteiger partial charge in [-0.3, -0.25) is 4.79 Å². The van der Waals surface area contributed by atoms with E-state index in [9.17, 15) is 4.79 Å². The van der Waals surface area contributed by atoms with Crippen LogP contribution in [0.5, 0.6) is 0 Å². The van der Waals surface area contributed by atoms with Crippen molar-refractivity contribution in [2.24, 2.45) is 0 Å². The molecule has 4 nitrogen and oxygen atoms in total. The molecule has 1 amide bonds. The second kappa shape index (κ2) is 7.27. The van der Waals surface area contributed by atoms with Gasteiger partial charge in [0.25, 0.3) is 5.91 Å². The molecule has 3 N–H and O–H groups in total. The molecule has 0 bridgehead atoms. The zero-order chi connectivity index (χ0) is 14.4. The van der Waals surface area contributed by atoms with E-state index in [0.717, 1.165) is 25.0 Å². The minimum atomic E-state index is -0.0145. The van der Waals surface area contributed by atoms with Gasteiger partial charge in [0, 0.05) is 17.3 Å². The number of aromatic nitrogens is 1. The third kappa shape index (κ3) is 4.22. The number of aryl methyl sites for hydroxylation is 1. The minimum absolute atomic E-state index is 0.0145. The van der Waals surface area contributed by atoms with E-state index in [4.69, 9.17) is 5.73 Å². The number of anilines is 1. The number of carbonyl (C=O) groups excluding carboxylic acids is 1. The normalized spacial score (nSPS) is 17.2. The highest BCUT2D eigenvalue weighted by atomic mass is 16.1. The Morgan fingerprint density at radius 1 is 1.25 bits per heavy atom. The Morgan fingerprint density at radius 2 is 1.90 bits per heavy atom. The molecule has 1 heterocycles. The maximum atomic E-state index is 12.3. The fraction of sp³-hybridized carbons (Fsp3) is 0.625. The third-order valence-corrected chi connectivity index (χ3v) is 3.96. The molecule has 0 radical (unpaired) electrons. The van der Waals surface area contributed by atoms with Crippen molar-refractivity contribution in [3.63, 3.8) is 0 Å². The molecule has 0 aliphatic heterocycles. The fourth-order valence-electron chi connectivity index (χ4n) is 2.79. The van der Waals surface area contributed by atoms with Crippen LogP contribution in [0.2, 0.25) is 0 Å². The molecule has 0 saturated heterocycles. The smallest absolute Gasteiger partial charge is 0.251 e. The van der Waals surface area contributed by atoms with Crippen molar-refractivity contribution in [2.45, 2.75) is 64.3 Å². The summed E-state index contributed by atoms with van der Waals surface area (Å²) in [5.41, 5.74) is 7.26. The van der Waals surface area contributed by atoms with Crippen molar-refractivity contribution < 1.29 is 4.79 Å². The highest BCUT2D eigenvalue weighted by molar-refractivity contribution is 5.95. The van der Waals surface area contributed by atoms with Gasteiger partial charge in [0.15, 0.2) is 0 Å². The van der Waals surface area contributed by atoms with Crippen LogP contribution in [0, 0.1) is 0 Å². The van der Waals surface area contributed by atoms with E-state index in [1.807, 2.05) is 13.0 Å². The molecular formula is C16H25N3O. The molecule has 1 aliphatic rings. The van der Waals surface area contributed by atoms with Crippen molar-refractivity contribution in [1.82, 2.24) is 10.3 Å². The van der Waals surface area contributed by atoms with Crippen LogP contribution in [0.25, 0.3) is 0 Å². The summed E-state index contributed by atoms with van der Waals surface area (Å²) in [5.74, 6) is 0.409. The van der Waals surface area contributed by atoms with Gasteiger partial charge < -0.3 is 11.1 Å². The number of nitrogens with one attached hydrogen (secondary N) is 1. The quantitative estimate of drug-likeness (QED) is 0.890. The first-order valence-corrected chi connectivity index (χ1v) is 7.76. The van der Waals surface area contributed by atoms with E-state index in [1.54, 1.807) is 6.07 Å². The summed E-state index contributed by atoms with van der Waals surface area (Å²) in [6.45, 7) is 2.01. The fourth-order valence-corrected chi connectivity index (χ4v) is 2.79. The molecule has 0 unspecified atom stereocenters. The van der Waals surface area contributed by atoms with Crippen LogP contribution in [0.15, 0.2) is 12.1 Å². The first kappa shape index (κ1) is 14.8. The summed E-state index contributed by atoms with van der Waals surface area (Å²) >= 11 is 0. The number of nitrogens with two attached hydrogens (primary N) is 1. The number of nitrogen functional groups attached to an aromatic ring is 1. The van der Waals surface area contributed by atoms with Crippen LogP contribution in [0.4, 0.5) is 5.82 Å². The van der Waals surface area contributed by atoms with Crippen molar-refractivity contribution in [2.75, 3.05) is 5.73 Å². The Bertz CT molecular complexity index is 451. The second-order valence-corrected chi connectivity index (χ2v) is 5.64. The summed E-state index contributed by atoms with van der Waals surface area (Å²) in [7, 11) is 0. The third-order valence-electron chi connectivity index (χ3n) is 3.96. The first-order chi connectivity index (χ1) is 9.69. The Balaban J connectivity index is 2.01. The Morgan fingerprint density at radius 3 is 2.55 bits per heavy atom. The van der Waals surface area contributed by atoms with Gasteiger partial charge in [-0.15, -0.1) is 0 Å². The first-order valence-electron chi connectivity index (χ1n) is 7.76. The van der Waals surface area contributed by atoms with Crippen LogP contribution in [-0.2, 0) is 6.42 Å². The van der Waals surface area contributed by atoms with Crippen LogP contribution in [0.1, 0.15) is 67.9 Å². The highest BCUT2D eigenvalue weighted by Gasteiger charge is 2.16. The Kier molecular flexibility index (Phi) is 5.39. The van der Waals surface area contributed by atoms with Crippen LogP contribution in [-0.4, -0.2) is 16.9 Å². The highest BCUT2D eigenvalue weighted by Crippen LogP contribution is 2.18. The van der Waals surface area contributed by atoms with Gasteiger partial charge in [-0.25, -0.2) is 4.98 Å². The molecule has 4 heteroatoms. The largest absolute Gasteiger partial charge is 0.384 e. The summed E-state index contributed by atoms with van der Waals surface area (Å²) in [4.78, 5) is 16.5. The molecular weight excluding hydrogens is 250 g/mol. The van der Waals surface area contributed by atoms with Crippen LogP contribution < -0.4 is 11.1 Å². The monoisotopic (exact) mass is 275 g/mol. The van der Waals surface area contributed by atoms with Crippen molar-refractivity contribution in [3.8, 4) is 0 Å². The van der Waals surface area contributed by atoms with E-state index in [-0.39, 0.29) is 5.91 Å². The number of rotatable bonds is 3. The molecule has 1 fully saturated rings. The number of nitrogens with zero attached hydrogens (tertiary/aromatic N) is 1. The second-order valence-electron chi connectivity index (χ2n) is 5.64. The zero-order valence-electron chi connectivity index (χ0n) is 12.3. The molecule has 20 heavy (non-hydrogen) atoms. The molecule has 1 aliphatic carbocycles. The summed E-state index contributed by atoms with van der Waals surface area (Å²) in [5, 5.41) is 3.16. The maximum Gasteiger partial charge on any atom is 0.251 e. The molecule has 0 spiro atoms. The van der Waals surface area contributed by atoms with E-state index >= 15 is 0 Å². The standard InChI is InChI=1S/C16H25N3O/c1-2-13-10-12(11-15(17)18-13)16(20)19-14-8-6-4-3-5-7-9-14/h10-11,14H,2-9H2,1H3,(H2,17,18)(H,19,20). The van der Waals surface area contributed by atoms with Crippen molar-refractivity contribution >= 4 is 11.7 Å². The maximum absolute atomic E-state index is 12.3. The van der Waals surface area contributed by atoms with Crippen molar-refractivity contribution in [1.29, 1.82) is 0 Å². The predicted molar refractivity (Wildman–Crippen MR) is 81.6 cm³/mol. The lowest BCUT2D eigenvalue weighted by Crippen LogP contribution is -2.35. The van der Waals surface area contributed by atoms with Gasteiger partial charge in [-0.1, -0.05) is 39.0 Å². The Labute approximate surface area is 121 Å². The van der Waals surface area contributed by atoms with Crippen molar-refractivity contribution in [3.05, 3.63) is 23.4 Å². The molecule has 1 aromatic rings.